The monoisotopic (exact) mass is 312 g/mol. The first kappa shape index (κ1) is 15.4. The maximum Gasteiger partial charge on any atom is 0.275 e. The molecule has 1 saturated heterocycles. The summed E-state index contributed by atoms with van der Waals surface area (Å²) in [6, 6.07) is 11.8. The van der Waals surface area contributed by atoms with Crippen LogP contribution in [0.1, 0.15) is 5.56 Å². The zero-order chi connectivity index (χ0) is 15.9. The van der Waals surface area contributed by atoms with Crippen LogP contribution in [0.3, 0.4) is 0 Å². The number of nitrogens with one attached hydrogen (secondary N) is 2. The molecule has 2 heterocycles. The predicted octanol–water partition coefficient (Wildman–Crippen LogP) is -0.502. The van der Waals surface area contributed by atoms with Crippen molar-refractivity contribution in [3.63, 3.8) is 0 Å². The molecule has 0 saturated carbocycles. The summed E-state index contributed by atoms with van der Waals surface area (Å²) < 4.78 is 0. The summed E-state index contributed by atoms with van der Waals surface area (Å²) >= 11 is 0. The molecule has 1 aliphatic rings. The van der Waals surface area contributed by atoms with Crippen LogP contribution in [0.25, 0.3) is 0 Å². The van der Waals surface area contributed by atoms with Gasteiger partial charge in [-0.1, -0.05) is 30.3 Å². The molecule has 120 valence electrons. The molecular weight excluding hydrogens is 290 g/mol. The normalized spacial score (nSPS) is 15.4. The van der Waals surface area contributed by atoms with Gasteiger partial charge in [0.05, 0.1) is 26.2 Å². The summed E-state index contributed by atoms with van der Waals surface area (Å²) in [6.45, 7) is 4.73. The molecule has 0 bridgehead atoms. The van der Waals surface area contributed by atoms with Crippen molar-refractivity contribution in [2.75, 3.05) is 37.6 Å². The number of nitrogens with zero attached hydrogens (tertiary/aromatic N) is 3. The molecule has 2 N–H and O–H groups in total. The van der Waals surface area contributed by atoms with Gasteiger partial charge in [0.2, 0.25) is 5.95 Å². The van der Waals surface area contributed by atoms with Crippen LogP contribution in [0.5, 0.6) is 0 Å². The zero-order valence-corrected chi connectivity index (χ0v) is 13.1. The number of carbonyl (C=O) groups is 1. The van der Waals surface area contributed by atoms with E-state index in [0.29, 0.717) is 13.1 Å². The van der Waals surface area contributed by atoms with Crippen molar-refractivity contribution in [2.24, 2.45) is 0 Å². The van der Waals surface area contributed by atoms with Crippen LogP contribution in [0, 0.1) is 0 Å². The first-order valence-corrected chi connectivity index (χ1v) is 7.97. The molecule has 23 heavy (non-hydrogen) atoms. The van der Waals surface area contributed by atoms with Crippen molar-refractivity contribution in [1.29, 1.82) is 0 Å². The maximum atomic E-state index is 12.1. The lowest BCUT2D eigenvalue weighted by atomic mass is 10.2. The SMILES string of the molecule is O=C(C[NH+]1CCN(c2ncccn2)CC1)NCc1ccccc1. The van der Waals surface area contributed by atoms with Crippen molar-refractivity contribution in [1.82, 2.24) is 15.3 Å². The van der Waals surface area contributed by atoms with E-state index >= 15 is 0 Å². The lowest BCUT2D eigenvalue weighted by Crippen LogP contribution is -3.16. The standard InChI is InChI=1S/C17H21N5O/c23-16(20-13-15-5-2-1-3-6-15)14-21-9-11-22(12-10-21)17-18-7-4-8-19-17/h1-8H,9-14H2,(H,20,23)/p+1. The number of rotatable bonds is 5. The second kappa shape index (κ2) is 7.69. The minimum Gasteiger partial charge on any atom is -0.347 e. The molecule has 0 aliphatic carbocycles. The molecule has 1 fully saturated rings. The van der Waals surface area contributed by atoms with Crippen LogP contribution in [0.4, 0.5) is 5.95 Å². The third kappa shape index (κ3) is 4.50. The molecule has 6 heteroatoms. The van der Waals surface area contributed by atoms with E-state index in [4.69, 9.17) is 0 Å². The van der Waals surface area contributed by atoms with Crippen LogP contribution < -0.4 is 15.1 Å². The summed E-state index contributed by atoms with van der Waals surface area (Å²) in [6.07, 6.45) is 3.52. The molecule has 6 nitrogen and oxygen atoms in total. The Hall–Kier alpha value is -2.47. The minimum absolute atomic E-state index is 0.105. The third-order valence-electron chi connectivity index (χ3n) is 4.05. The summed E-state index contributed by atoms with van der Waals surface area (Å²) in [4.78, 5) is 24.1. The Labute approximate surface area is 136 Å². The Morgan fingerprint density at radius 1 is 1.09 bits per heavy atom. The van der Waals surface area contributed by atoms with E-state index in [1.54, 1.807) is 12.4 Å². The van der Waals surface area contributed by atoms with E-state index in [1.807, 2.05) is 36.4 Å². The Bertz CT molecular complexity index is 611. The number of quaternary nitrogens is 1. The molecule has 2 aromatic rings. The van der Waals surface area contributed by atoms with E-state index in [1.165, 1.54) is 4.90 Å². The maximum absolute atomic E-state index is 12.1. The summed E-state index contributed by atoms with van der Waals surface area (Å²) in [5.41, 5.74) is 1.13. The van der Waals surface area contributed by atoms with Gasteiger partial charge in [0.1, 0.15) is 0 Å². The first-order valence-electron chi connectivity index (χ1n) is 7.97. The average molecular weight is 312 g/mol. The van der Waals surface area contributed by atoms with Gasteiger partial charge in [-0.3, -0.25) is 4.79 Å². The first-order chi connectivity index (χ1) is 11.3. The van der Waals surface area contributed by atoms with Crippen LogP contribution in [0.15, 0.2) is 48.8 Å². The lowest BCUT2D eigenvalue weighted by Gasteiger charge is -2.31. The van der Waals surface area contributed by atoms with Crippen molar-refractivity contribution < 1.29 is 9.69 Å². The van der Waals surface area contributed by atoms with Crippen LogP contribution >= 0.6 is 0 Å². The number of anilines is 1. The lowest BCUT2D eigenvalue weighted by molar-refractivity contribution is -0.892. The van der Waals surface area contributed by atoms with Crippen molar-refractivity contribution >= 4 is 11.9 Å². The molecule has 1 aromatic carbocycles. The fraction of sp³-hybridized carbons (Fsp3) is 0.353. The average Bonchev–Trinajstić information content (AvgIpc) is 2.62. The van der Waals surface area contributed by atoms with Gasteiger partial charge in [-0.05, 0) is 11.6 Å². The van der Waals surface area contributed by atoms with Gasteiger partial charge in [-0.25, -0.2) is 9.97 Å². The van der Waals surface area contributed by atoms with E-state index in [2.05, 4.69) is 20.2 Å². The van der Waals surface area contributed by atoms with Crippen molar-refractivity contribution in [2.45, 2.75) is 6.54 Å². The molecule has 0 atom stereocenters. The second-order valence-electron chi connectivity index (χ2n) is 5.72. The molecule has 0 unspecified atom stereocenters. The van der Waals surface area contributed by atoms with Crippen LogP contribution in [-0.2, 0) is 11.3 Å². The summed E-state index contributed by atoms with van der Waals surface area (Å²) in [5, 5.41) is 2.99. The molecule has 0 radical (unpaired) electrons. The largest absolute Gasteiger partial charge is 0.347 e. The number of hydrogen-bond acceptors (Lipinski definition) is 4. The molecule has 0 spiro atoms. The van der Waals surface area contributed by atoms with E-state index in [9.17, 15) is 4.79 Å². The summed E-state index contributed by atoms with van der Waals surface area (Å²) in [5.74, 6) is 0.883. The smallest absolute Gasteiger partial charge is 0.275 e. The zero-order valence-electron chi connectivity index (χ0n) is 13.1. The number of piperazine rings is 1. The highest BCUT2D eigenvalue weighted by molar-refractivity contribution is 5.76. The second-order valence-corrected chi connectivity index (χ2v) is 5.72. The van der Waals surface area contributed by atoms with Gasteiger partial charge in [0.15, 0.2) is 6.54 Å². The van der Waals surface area contributed by atoms with Crippen LogP contribution in [-0.4, -0.2) is 48.6 Å². The van der Waals surface area contributed by atoms with Gasteiger partial charge in [-0.2, -0.15) is 0 Å². The fourth-order valence-electron chi connectivity index (χ4n) is 2.74. The third-order valence-corrected chi connectivity index (χ3v) is 4.05. The Balaban J connectivity index is 1.41. The highest BCUT2D eigenvalue weighted by atomic mass is 16.2. The number of amides is 1. The van der Waals surface area contributed by atoms with Gasteiger partial charge in [0, 0.05) is 18.9 Å². The van der Waals surface area contributed by atoms with E-state index in [-0.39, 0.29) is 5.91 Å². The Kier molecular flexibility index (Phi) is 5.16. The number of aromatic nitrogens is 2. The minimum atomic E-state index is 0.105. The molecule has 1 aliphatic heterocycles. The highest BCUT2D eigenvalue weighted by Gasteiger charge is 2.23. The topological polar surface area (TPSA) is 62.6 Å². The van der Waals surface area contributed by atoms with Crippen molar-refractivity contribution in [3.8, 4) is 0 Å². The van der Waals surface area contributed by atoms with Gasteiger partial charge >= 0.3 is 0 Å². The Morgan fingerprint density at radius 2 is 1.78 bits per heavy atom. The summed E-state index contributed by atoms with van der Waals surface area (Å²) in [7, 11) is 0. The van der Waals surface area contributed by atoms with Crippen molar-refractivity contribution in [3.05, 3.63) is 54.4 Å². The van der Waals surface area contributed by atoms with E-state index < -0.39 is 0 Å². The molecule has 3 rings (SSSR count). The van der Waals surface area contributed by atoms with Crippen LogP contribution in [0.2, 0.25) is 0 Å². The van der Waals surface area contributed by atoms with Gasteiger partial charge in [-0.15, -0.1) is 0 Å². The number of carbonyl (C=O) groups excluding carboxylic acids is 1. The molecular formula is C17H22N5O+. The van der Waals surface area contributed by atoms with E-state index in [0.717, 1.165) is 37.7 Å². The number of benzene rings is 1. The number of hydrogen-bond donors (Lipinski definition) is 2. The predicted molar refractivity (Wildman–Crippen MR) is 88.1 cm³/mol. The Morgan fingerprint density at radius 3 is 2.48 bits per heavy atom. The highest BCUT2D eigenvalue weighted by Crippen LogP contribution is 2.04. The molecule has 1 aromatic heterocycles. The van der Waals surface area contributed by atoms with Gasteiger partial charge < -0.3 is 15.1 Å². The quantitative estimate of drug-likeness (QED) is 0.781. The van der Waals surface area contributed by atoms with Gasteiger partial charge in [0.25, 0.3) is 5.91 Å². The fourth-order valence-corrected chi connectivity index (χ4v) is 2.74. The molecule has 1 amide bonds.